The third-order valence-electron chi connectivity index (χ3n) is 2.01. The molecule has 1 aliphatic carbocycles. The van der Waals surface area contributed by atoms with Crippen molar-refractivity contribution in [3.05, 3.63) is 0 Å². The van der Waals surface area contributed by atoms with E-state index in [2.05, 4.69) is 4.72 Å². The fraction of sp³-hybridized carbons (Fsp3) is 0.875. The number of rotatable bonds is 5. The van der Waals surface area contributed by atoms with Crippen LogP contribution in [0.3, 0.4) is 0 Å². The van der Waals surface area contributed by atoms with Crippen LogP contribution in [0.4, 0.5) is 0 Å². The summed E-state index contributed by atoms with van der Waals surface area (Å²) in [5.41, 5.74) is 0. The van der Waals surface area contributed by atoms with Crippen molar-refractivity contribution in [2.45, 2.75) is 32.2 Å². The van der Waals surface area contributed by atoms with Crippen molar-refractivity contribution >= 4 is 10.0 Å². The molecular weight excluding hydrogens is 188 g/mol. The number of hydrogen-bond acceptors (Lipinski definition) is 3. The third-order valence-corrected chi connectivity index (χ3v) is 3.57. The Kier molecular flexibility index (Phi) is 3.28. The molecule has 13 heavy (non-hydrogen) atoms. The molecule has 0 heterocycles. The van der Waals surface area contributed by atoms with Crippen LogP contribution < -0.4 is 4.72 Å². The highest BCUT2D eigenvalue weighted by Crippen LogP contribution is 2.32. The molecule has 1 N–H and O–H groups in total. The van der Waals surface area contributed by atoms with Crippen LogP contribution in [-0.4, -0.2) is 20.2 Å². The van der Waals surface area contributed by atoms with Crippen LogP contribution in [0, 0.1) is 17.2 Å². The smallest absolute Gasteiger partial charge is 0.212 e. The van der Waals surface area contributed by atoms with Gasteiger partial charge in [-0.1, -0.05) is 6.92 Å². The minimum atomic E-state index is -3.22. The first-order valence-electron chi connectivity index (χ1n) is 4.48. The normalized spacial score (nSPS) is 19.4. The first kappa shape index (κ1) is 10.5. The zero-order valence-corrected chi connectivity index (χ0v) is 8.47. The lowest BCUT2D eigenvalue weighted by molar-refractivity contribution is 0.559. The highest BCUT2D eigenvalue weighted by atomic mass is 32.2. The standard InChI is InChI=1S/C8H14N2O2S/c1-2-5-13(11,12)10-8(6-9)7-3-4-7/h7-8,10H,2-5H2,1H3. The molecule has 0 saturated heterocycles. The van der Waals surface area contributed by atoms with Gasteiger partial charge in [0.2, 0.25) is 10.0 Å². The predicted octanol–water partition coefficient (Wildman–Crippen LogP) is 0.618. The number of nitriles is 1. The number of hydrogen-bond donors (Lipinski definition) is 1. The Morgan fingerprint density at radius 2 is 2.23 bits per heavy atom. The van der Waals surface area contributed by atoms with Gasteiger partial charge in [0, 0.05) is 0 Å². The summed E-state index contributed by atoms with van der Waals surface area (Å²) < 4.78 is 25.0. The van der Waals surface area contributed by atoms with Gasteiger partial charge < -0.3 is 0 Å². The monoisotopic (exact) mass is 202 g/mol. The molecule has 74 valence electrons. The van der Waals surface area contributed by atoms with Gasteiger partial charge in [0.1, 0.15) is 6.04 Å². The van der Waals surface area contributed by atoms with E-state index >= 15 is 0 Å². The number of nitrogens with one attached hydrogen (secondary N) is 1. The minimum Gasteiger partial charge on any atom is -0.212 e. The summed E-state index contributed by atoms with van der Waals surface area (Å²) in [6.07, 6.45) is 2.51. The van der Waals surface area contributed by atoms with Gasteiger partial charge in [-0.3, -0.25) is 0 Å². The van der Waals surface area contributed by atoms with E-state index in [4.69, 9.17) is 5.26 Å². The van der Waals surface area contributed by atoms with E-state index in [-0.39, 0.29) is 11.7 Å². The molecule has 5 heteroatoms. The van der Waals surface area contributed by atoms with Crippen LogP contribution in [0.25, 0.3) is 0 Å². The van der Waals surface area contributed by atoms with Crippen LogP contribution in [-0.2, 0) is 10.0 Å². The molecule has 1 unspecified atom stereocenters. The molecule has 0 aromatic carbocycles. The minimum absolute atomic E-state index is 0.109. The molecule has 1 saturated carbocycles. The zero-order valence-electron chi connectivity index (χ0n) is 7.66. The van der Waals surface area contributed by atoms with Crippen molar-refractivity contribution in [3.8, 4) is 6.07 Å². The molecule has 0 aliphatic heterocycles. The molecule has 1 atom stereocenters. The fourth-order valence-corrected chi connectivity index (χ4v) is 2.47. The van der Waals surface area contributed by atoms with E-state index in [1.165, 1.54) is 0 Å². The lowest BCUT2D eigenvalue weighted by Gasteiger charge is -2.09. The average Bonchev–Trinajstić information content (AvgIpc) is 2.82. The Labute approximate surface area is 79.0 Å². The topological polar surface area (TPSA) is 70.0 Å². The first-order chi connectivity index (χ1) is 6.09. The van der Waals surface area contributed by atoms with Crippen molar-refractivity contribution in [2.24, 2.45) is 5.92 Å². The van der Waals surface area contributed by atoms with Gasteiger partial charge >= 0.3 is 0 Å². The molecule has 0 aromatic heterocycles. The fourth-order valence-electron chi connectivity index (χ4n) is 1.18. The lowest BCUT2D eigenvalue weighted by atomic mass is 10.2. The van der Waals surface area contributed by atoms with E-state index in [1.54, 1.807) is 6.92 Å². The third kappa shape index (κ3) is 3.33. The largest absolute Gasteiger partial charge is 0.212 e. The van der Waals surface area contributed by atoms with E-state index in [9.17, 15) is 8.42 Å². The molecule has 0 bridgehead atoms. The summed E-state index contributed by atoms with van der Waals surface area (Å²) in [5.74, 6) is 0.356. The number of sulfonamides is 1. The van der Waals surface area contributed by atoms with E-state index in [0.29, 0.717) is 6.42 Å². The van der Waals surface area contributed by atoms with Gasteiger partial charge in [0.25, 0.3) is 0 Å². The summed E-state index contributed by atoms with van der Waals surface area (Å²) in [4.78, 5) is 0. The van der Waals surface area contributed by atoms with Gasteiger partial charge in [-0.25, -0.2) is 8.42 Å². The maximum Gasteiger partial charge on any atom is 0.212 e. The summed E-state index contributed by atoms with van der Waals surface area (Å²) in [6, 6.07) is 1.49. The Hall–Kier alpha value is -0.600. The molecule has 1 fully saturated rings. The van der Waals surface area contributed by atoms with Gasteiger partial charge in [-0.15, -0.1) is 0 Å². The number of nitrogens with zero attached hydrogens (tertiary/aromatic N) is 1. The van der Waals surface area contributed by atoms with E-state index in [1.807, 2.05) is 6.07 Å². The molecule has 0 amide bonds. The van der Waals surface area contributed by atoms with Gasteiger partial charge in [-0.05, 0) is 25.2 Å². The van der Waals surface area contributed by atoms with Crippen molar-refractivity contribution in [3.63, 3.8) is 0 Å². The predicted molar refractivity (Wildman–Crippen MR) is 49.3 cm³/mol. The maximum absolute atomic E-state index is 11.3. The molecule has 1 rings (SSSR count). The van der Waals surface area contributed by atoms with Crippen LogP contribution in [0.5, 0.6) is 0 Å². The Morgan fingerprint density at radius 3 is 2.62 bits per heavy atom. The molecule has 0 aromatic rings. The molecule has 1 aliphatic rings. The second-order valence-electron chi connectivity index (χ2n) is 3.38. The second-order valence-corrected chi connectivity index (χ2v) is 5.25. The van der Waals surface area contributed by atoms with Crippen molar-refractivity contribution < 1.29 is 8.42 Å². The second kappa shape index (κ2) is 4.07. The lowest BCUT2D eigenvalue weighted by Crippen LogP contribution is -2.36. The van der Waals surface area contributed by atoms with Crippen molar-refractivity contribution in [1.82, 2.24) is 4.72 Å². The zero-order chi connectivity index (χ0) is 9.90. The van der Waals surface area contributed by atoms with E-state index < -0.39 is 16.1 Å². The van der Waals surface area contributed by atoms with Gasteiger partial charge in [0.05, 0.1) is 11.8 Å². The Bertz CT molecular complexity index is 301. The van der Waals surface area contributed by atoms with Gasteiger partial charge in [-0.2, -0.15) is 9.98 Å². The average molecular weight is 202 g/mol. The quantitative estimate of drug-likeness (QED) is 0.710. The highest BCUT2D eigenvalue weighted by Gasteiger charge is 2.33. The van der Waals surface area contributed by atoms with Crippen LogP contribution >= 0.6 is 0 Å². The van der Waals surface area contributed by atoms with Crippen LogP contribution in [0.15, 0.2) is 0 Å². The molecule has 0 radical (unpaired) electrons. The molecule has 0 spiro atoms. The summed E-state index contributed by atoms with van der Waals surface area (Å²) in [6.45, 7) is 1.80. The highest BCUT2D eigenvalue weighted by molar-refractivity contribution is 7.89. The van der Waals surface area contributed by atoms with Crippen molar-refractivity contribution in [1.29, 1.82) is 5.26 Å². The Balaban J connectivity index is 2.50. The van der Waals surface area contributed by atoms with Crippen LogP contribution in [0.2, 0.25) is 0 Å². The molecular formula is C8H14N2O2S. The summed E-state index contributed by atoms with van der Waals surface area (Å²) >= 11 is 0. The maximum atomic E-state index is 11.3. The summed E-state index contributed by atoms with van der Waals surface area (Å²) in [7, 11) is -3.22. The van der Waals surface area contributed by atoms with Crippen molar-refractivity contribution in [2.75, 3.05) is 5.75 Å². The summed E-state index contributed by atoms with van der Waals surface area (Å²) in [5, 5.41) is 8.69. The SMILES string of the molecule is CCCS(=O)(=O)NC(C#N)C1CC1. The Morgan fingerprint density at radius 1 is 1.62 bits per heavy atom. The van der Waals surface area contributed by atoms with Crippen LogP contribution in [0.1, 0.15) is 26.2 Å². The first-order valence-corrected chi connectivity index (χ1v) is 6.14. The van der Waals surface area contributed by atoms with Gasteiger partial charge in [0.15, 0.2) is 0 Å². The van der Waals surface area contributed by atoms with E-state index in [0.717, 1.165) is 12.8 Å². The molecule has 4 nitrogen and oxygen atoms in total.